The molecule has 0 fully saturated rings. The summed E-state index contributed by atoms with van der Waals surface area (Å²) >= 11 is 0. The zero-order valence-electron chi connectivity index (χ0n) is 11.9. The number of benzene rings is 1. The summed E-state index contributed by atoms with van der Waals surface area (Å²) in [6, 6.07) is 3.27. The van der Waals surface area contributed by atoms with Crippen molar-refractivity contribution in [3.63, 3.8) is 0 Å². The third kappa shape index (κ3) is 4.16. The smallest absolute Gasteiger partial charge is 0.304 e. The number of hydrogen-bond acceptors (Lipinski definition) is 5. The summed E-state index contributed by atoms with van der Waals surface area (Å²) in [5, 5.41) is 16.0. The molecule has 8 heteroatoms. The number of nitrogens with zero attached hydrogens (tertiary/aromatic N) is 1. The van der Waals surface area contributed by atoms with E-state index in [4.69, 9.17) is 5.73 Å². The Kier molecular flexibility index (Phi) is 5.65. The van der Waals surface area contributed by atoms with Crippen LogP contribution in [0.15, 0.2) is 18.2 Å². The Bertz CT molecular complexity index is 559. The van der Waals surface area contributed by atoms with Crippen LogP contribution in [0.2, 0.25) is 0 Å². The summed E-state index contributed by atoms with van der Waals surface area (Å²) in [6.45, 7) is 3.90. The SMILES string of the molecule is CCCNC(=O)C(C)NC(=O)c1cccc(N)c1[N+](=O)[O-]. The van der Waals surface area contributed by atoms with Gasteiger partial charge in [0.2, 0.25) is 5.91 Å². The van der Waals surface area contributed by atoms with Crippen molar-refractivity contribution < 1.29 is 14.5 Å². The first-order valence-electron chi connectivity index (χ1n) is 6.50. The molecule has 1 rings (SSSR count). The number of amides is 2. The largest absolute Gasteiger partial charge is 0.393 e. The minimum absolute atomic E-state index is 0.101. The number of carbonyl (C=O) groups is 2. The molecule has 0 saturated carbocycles. The summed E-state index contributed by atoms with van der Waals surface area (Å²) < 4.78 is 0. The van der Waals surface area contributed by atoms with Crippen molar-refractivity contribution >= 4 is 23.2 Å². The van der Waals surface area contributed by atoms with Crippen LogP contribution in [-0.4, -0.2) is 29.3 Å². The van der Waals surface area contributed by atoms with E-state index < -0.39 is 22.6 Å². The standard InChI is InChI=1S/C13H18N4O4/c1-3-7-15-12(18)8(2)16-13(19)9-5-4-6-10(14)11(9)17(20)21/h4-6,8H,3,7,14H2,1-2H3,(H,15,18)(H,16,19). The van der Waals surface area contributed by atoms with Gasteiger partial charge in [-0.15, -0.1) is 0 Å². The third-order valence-electron chi connectivity index (χ3n) is 2.78. The van der Waals surface area contributed by atoms with Crippen molar-refractivity contribution in [2.24, 2.45) is 0 Å². The van der Waals surface area contributed by atoms with E-state index in [1.54, 1.807) is 0 Å². The van der Waals surface area contributed by atoms with Gasteiger partial charge in [0.1, 0.15) is 17.3 Å². The maximum atomic E-state index is 12.1. The Morgan fingerprint density at radius 3 is 2.67 bits per heavy atom. The van der Waals surface area contributed by atoms with Crippen molar-refractivity contribution in [1.82, 2.24) is 10.6 Å². The summed E-state index contributed by atoms with van der Waals surface area (Å²) in [4.78, 5) is 34.0. The maximum absolute atomic E-state index is 12.1. The Morgan fingerprint density at radius 1 is 1.43 bits per heavy atom. The lowest BCUT2D eigenvalue weighted by Crippen LogP contribution is -2.45. The number of nitrogens with two attached hydrogens (primary N) is 1. The molecule has 0 spiro atoms. The molecular weight excluding hydrogens is 276 g/mol. The fraction of sp³-hybridized carbons (Fsp3) is 0.385. The predicted octanol–water partition coefficient (Wildman–Crippen LogP) is 0.821. The van der Waals surface area contributed by atoms with Crippen molar-refractivity contribution in [3.05, 3.63) is 33.9 Å². The average Bonchev–Trinajstić information content (AvgIpc) is 2.43. The minimum atomic E-state index is -0.801. The molecule has 21 heavy (non-hydrogen) atoms. The molecule has 0 aliphatic heterocycles. The topological polar surface area (TPSA) is 127 Å². The van der Waals surface area contributed by atoms with Gasteiger partial charge in [-0.25, -0.2) is 0 Å². The fourth-order valence-corrected chi connectivity index (χ4v) is 1.69. The summed E-state index contributed by atoms with van der Waals surface area (Å²) in [5.74, 6) is -1.06. The number of hydrogen-bond donors (Lipinski definition) is 3. The summed E-state index contributed by atoms with van der Waals surface area (Å²) in [7, 11) is 0. The van der Waals surface area contributed by atoms with Gasteiger partial charge in [0.15, 0.2) is 0 Å². The van der Waals surface area contributed by atoms with Crippen LogP contribution in [0, 0.1) is 10.1 Å². The molecule has 0 heterocycles. The molecule has 0 aliphatic carbocycles. The molecule has 1 aromatic carbocycles. The molecule has 114 valence electrons. The third-order valence-corrected chi connectivity index (χ3v) is 2.78. The Hall–Kier alpha value is -2.64. The van der Waals surface area contributed by atoms with Gasteiger partial charge in [0, 0.05) is 6.54 Å². The molecule has 1 aromatic rings. The number of nitro groups is 1. The van der Waals surface area contributed by atoms with Gasteiger partial charge in [0.05, 0.1) is 4.92 Å². The minimum Gasteiger partial charge on any atom is -0.393 e. The van der Waals surface area contributed by atoms with Gasteiger partial charge in [-0.05, 0) is 25.5 Å². The van der Waals surface area contributed by atoms with Crippen LogP contribution in [0.4, 0.5) is 11.4 Å². The van der Waals surface area contributed by atoms with E-state index in [1.165, 1.54) is 25.1 Å². The number of rotatable bonds is 6. The van der Waals surface area contributed by atoms with Crippen LogP contribution in [-0.2, 0) is 4.79 Å². The van der Waals surface area contributed by atoms with Crippen molar-refractivity contribution in [2.75, 3.05) is 12.3 Å². The number of nitrogen functional groups attached to an aromatic ring is 1. The van der Waals surface area contributed by atoms with E-state index in [2.05, 4.69) is 10.6 Å². The first kappa shape index (κ1) is 16.4. The first-order chi connectivity index (χ1) is 9.88. The second-order valence-corrected chi connectivity index (χ2v) is 4.49. The first-order valence-corrected chi connectivity index (χ1v) is 6.50. The van der Waals surface area contributed by atoms with E-state index in [-0.39, 0.29) is 17.2 Å². The highest BCUT2D eigenvalue weighted by atomic mass is 16.6. The Morgan fingerprint density at radius 2 is 2.10 bits per heavy atom. The number of nitro benzene ring substituents is 1. The van der Waals surface area contributed by atoms with Crippen molar-refractivity contribution in [1.29, 1.82) is 0 Å². The molecule has 0 aromatic heterocycles. The maximum Gasteiger partial charge on any atom is 0.304 e. The van der Waals surface area contributed by atoms with Crippen LogP contribution in [0.25, 0.3) is 0 Å². The van der Waals surface area contributed by atoms with Gasteiger partial charge in [0.25, 0.3) is 5.91 Å². The monoisotopic (exact) mass is 294 g/mol. The van der Waals surface area contributed by atoms with Crippen LogP contribution in [0.3, 0.4) is 0 Å². The zero-order chi connectivity index (χ0) is 16.0. The molecule has 1 unspecified atom stereocenters. The van der Waals surface area contributed by atoms with Gasteiger partial charge < -0.3 is 16.4 Å². The molecule has 4 N–H and O–H groups in total. The lowest BCUT2D eigenvalue weighted by Gasteiger charge is -2.14. The molecule has 2 amide bonds. The Balaban J connectivity index is 2.88. The molecule has 0 radical (unpaired) electrons. The van der Waals surface area contributed by atoms with Crippen LogP contribution in [0.5, 0.6) is 0 Å². The van der Waals surface area contributed by atoms with Crippen LogP contribution >= 0.6 is 0 Å². The molecule has 0 saturated heterocycles. The summed E-state index contributed by atoms with van der Waals surface area (Å²) in [5.41, 5.74) is 4.78. The predicted molar refractivity (Wildman–Crippen MR) is 77.7 cm³/mol. The number of carbonyl (C=O) groups excluding carboxylic acids is 2. The van der Waals surface area contributed by atoms with Crippen molar-refractivity contribution in [2.45, 2.75) is 26.3 Å². The average molecular weight is 294 g/mol. The normalized spacial score (nSPS) is 11.5. The van der Waals surface area contributed by atoms with Crippen molar-refractivity contribution in [3.8, 4) is 0 Å². The number of para-hydroxylation sites is 1. The molecule has 0 aliphatic rings. The van der Waals surface area contributed by atoms with E-state index in [1.807, 2.05) is 6.92 Å². The Labute approximate surface area is 121 Å². The van der Waals surface area contributed by atoms with Crippen LogP contribution in [0.1, 0.15) is 30.6 Å². The number of anilines is 1. The summed E-state index contributed by atoms with van der Waals surface area (Å²) in [6.07, 6.45) is 0.771. The van der Waals surface area contributed by atoms with Gasteiger partial charge in [-0.2, -0.15) is 0 Å². The highest BCUT2D eigenvalue weighted by Crippen LogP contribution is 2.25. The quantitative estimate of drug-likeness (QED) is 0.406. The van der Waals surface area contributed by atoms with Gasteiger partial charge >= 0.3 is 5.69 Å². The lowest BCUT2D eigenvalue weighted by atomic mass is 10.1. The molecule has 8 nitrogen and oxygen atoms in total. The zero-order valence-corrected chi connectivity index (χ0v) is 11.9. The molecule has 1 atom stereocenters. The second-order valence-electron chi connectivity index (χ2n) is 4.49. The number of nitrogens with one attached hydrogen (secondary N) is 2. The van der Waals surface area contributed by atoms with E-state index >= 15 is 0 Å². The molecule has 0 bridgehead atoms. The van der Waals surface area contributed by atoms with Gasteiger partial charge in [-0.1, -0.05) is 13.0 Å². The van der Waals surface area contributed by atoms with E-state index in [9.17, 15) is 19.7 Å². The second kappa shape index (κ2) is 7.22. The van der Waals surface area contributed by atoms with E-state index in [0.717, 1.165) is 6.42 Å². The highest BCUT2D eigenvalue weighted by molar-refractivity contribution is 6.02. The van der Waals surface area contributed by atoms with Gasteiger partial charge in [-0.3, -0.25) is 19.7 Å². The fourth-order valence-electron chi connectivity index (χ4n) is 1.69. The lowest BCUT2D eigenvalue weighted by molar-refractivity contribution is -0.384. The van der Waals surface area contributed by atoms with Crippen LogP contribution < -0.4 is 16.4 Å². The van der Waals surface area contributed by atoms with E-state index in [0.29, 0.717) is 6.54 Å². The highest BCUT2D eigenvalue weighted by Gasteiger charge is 2.25. The molecular formula is C13H18N4O4.